The molecule has 0 saturated carbocycles. The molecule has 20 heteroatoms. The first kappa shape index (κ1) is 32.7. The number of hydrogen-bond acceptors (Lipinski definition) is 2. The minimum absolute atomic E-state index is 0.0220. The molecule has 0 spiro atoms. The molecule has 0 saturated heterocycles. The minimum atomic E-state index is -8.64. The maximum atomic E-state index is 13.9. The fourth-order valence-electron chi connectivity index (χ4n) is 2.32. The molecule has 1 rings (SSSR count). The van der Waals surface area contributed by atoms with E-state index in [4.69, 9.17) is 4.74 Å². The van der Waals surface area contributed by atoms with Crippen LogP contribution in [0.4, 0.5) is 75.9 Å². The maximum absolute atomic E-state index is 13.9. The van der Waals surface area contributed by atoms with Crippen molar-refractivity contribution >= 4 is 23.2 Å². The quantitative estimate of drug-likeness (QED) is 0.214. The lowest BCUT2D eigenvalue weighted by Gasteiger charge is -2.42. The van der Waals surface area contributed by atoms with Crippen LogP contribution in [0.5, 0.6) is 5.75 Å². The van der Waals surface area contributed by atoms with E-state index < -0.39 is 58.4 Å². The zero-order valence-corrected chi connectivity index (χ0v) is 18.0. The Bertz CT molecular complexity index is 975. The third kappa shape index (κ3) is 4.82. The van der Waals surface area contributed by atoms with Crippen molar-refractivity contribution in [1.82, 2.24) is 0 Å². The summed E-state index contributed by atoms with van der Waals surface area (Å²) in [6.45, 7) is 1.51. The molecule has 0 heterocycles. The first-order valence-electron chi connectivity index (χ1n) is 8.94. The lowest BCUT2D eigenvalue weighted by atomic mass is 9.89. The highest BCUT2D eigenvalue weighted by Gasteiger charge is 2.95. The highest BCUT2D eigenvalue weighted by molar-refractivity contribution is 6.22. The Morgan fingerprint density at radius 2 is 1.03 bits per heavy atom. The predicted octanol–water partition coefficient (Wildman–Crippen LogP) is 7.30. The van der Waals surface area contributed by atoms with Crippen LogP contribution in [0.1, 0.15) is 6.92 Å². The molecule has 0 aliphatic carbocycles. The minimum Gasteiger partial charge on any atom is -0.494 e. The molecule has 0 aromatic heterocycles. The number of ether oxygens (including phenoxy) is 1. The van der Waals surface area contributed by atoms with Gasteiger partial charge in [-0.2, -0.15) is 70.2 Å². The van der Waals surface area contributed by atoms with Crippen molar-refractivity contribution in [3.05, 3.63) is 24.3 Å². The van der Waals surface area contributed by atoms with Gasteiger partial charge in [-0.3, -0.25) is 4.79 Å². The van der Waals surface area contributed by atoms with E-state index in [1.807, 2.05) is 0 Å². The first-order chi connectivity index (χ1) is 16.2. The summed E-state index contributed by atoms with van der Waals surface area (Å²) in [5.41, 5.74) is -0.917. The number of carbonyl (C=O) groups is 1. The van der Waals surface area contributed by atoms with Crippen molar-refractivity contribution in [2.45, 2.75) is 53.8 Å². The number of hydrogen-bond donors (Lipinski definition) is 1. The molecule has 214 valence electrons. The largest absolute Gasteiger partial charge is 0.494 e. The monoisotopic (exact) mass is 599 g/mol. The Hall–Kier alpha value is -2.34. The van der Waals surface area contributed by atoms with Gasteiger partial charge in [-0.15, -0.1) is 0 Å². The second-order valence-corrected chi connectivity index (χ2v) is 7.40. The van der Waals surface area contributed by atoms with Crippen LogP contribution in [0, 0.1) is 0 Å². The van der Waals surface area contributed by atoms with Gasteiger partial charge < -0.3 is 10.1 Å². The summed E-state index contributed by atoms with van der Waals surface area (Å²) in [5, 5.41) is -6.05. The number of nitrogens with one attached hydrogen (secondary N) is 1. The van der Waals surface area contributed by atoms with Gasteiger partial charge in [0.1, 0.15) is 5.75 Å². The number of alkyl halides is 17. The van der Waals surface area contributed by atoms with Gasteiger partial charge in [0.2, 0.25) is 0 Å². The van der Waals surface area contributed by atoms with E-state index in [0.29, 0.717) is 12.1 Å². The zero-order valence-electron chi connectivity index (χ0n) is 17.3. The molecule has 0 atom stereocenters. The standard InChI is InChI=1S/C17H10ClF16NO2/c1-2-37-8-5-3-7(4-6-8)35-9(36)10(19,20)11(21,22)12(23,24)13(25,26)14(27,28)15(29,30)16(31,32)17(18,33)34/h3-6H,2H2,1H3,(H,35,36). The van der Waals surface area contributed by atoms with Crippen LogP contribution in [0.3, 0.4) is 0 Å². The van der Waals surface area contributed by atoms with Crippen LogP contribution in [-0.2, 0) is 4.79 Å². The van der Waals surface area contributed by atoms with Gasteiger partial charge >= 0.3 is 52.7 Å². The Morgan fingerprint density at radius 1 is 0.676 bits per heavy atom. The van der Waals surface area contributed by atoms with Crippen LogP contribution in [0.15, 0.2) is 24.3 Å². The van der Waals surface area contributed by atoms with Crippen molar-refractivity contribution < 1.29 is 79.8 Å². The molecular weight excluding hydrogens is 590 g/mol. The third-order valence-corrected chi connectivity index (χ3v) is 4.67. The fourth-order valence-corrected chi connectivity index (χ4v) is 2.44. The number of anilines is 1. The zero-order chi connectivity index (χ0) is 29.7. The topological polar surface area (TPSA) is 38.3 Å². The molecule has 1 aromatic rings. The van der Waals surface area contributed by atoms with Gasteiger partial charge in [-0.25, -0.2) is 0 Å². The Kier molecular flexibility index (Phi) is 8.34. The summed E-state index contributed by atoms with van der Waals surface area (Å²) in [5.74, 6) is -60.7. The summed E-state index contributed by atoms with van der Waals surface area (Å²) < 4.78 is 220. The normalized spacial score (nSPS) is 15.0. The van der Waals surface area contributed by atoms with Crippen molar-refractivity contribution in [2.75, 3.05) is 11.9 Å². The maximum Gasteiger partial charge on any atom is 0.393 e. The second kappa shape index (κ2) is 9.44. The molecule has 0 aliphatic heterocycles. The average Bonchev–Trinajstić information content (AvgIpc) is 2.73. The molecule has 0 bridgehead atoms. The lowest BCUT2D eigenvalue weighted by molar-refractivity contribution is -0.445. The Morgan fingerprint density at radius 3 is 1.38 bits per heavy atom. The SMILES string of the molecule is CCOc1ccc(NC(=O)C(F)(F)C(F)(F)C(F)(F)C(F)(F)C(F)(F)C(F)(F)C(F)(F)C(F)(F)Cl)cc1. The molecule has 0 unspecified atom stereocenters. The van der Waals surface area contributed by atoms with Gasteiger partial charge in [-0.1, -0.05) is 0 Å². The van der Waals surface area contributed by atoms with E-state index in [1.165, 1.54) is 6.92 Å². The van der Waals surface area contributed by atoms with Gasteiger partial charge in [0.05, 0.1) is 6.61 Å². The van der Waals surface area contributed by atoms with E-state index in [2.05, 4.69) is 11.6 Å². The predicted molar refractivity (Wildman–Crippen MR) is 91.7 cm³/mol. The van der Waals surface area contributed by atoms with Crippen LogP contribution < -0.4 is 10.1 Å². The average molecular weight is 600 g/mol. The summed E-state index contributed by atoms with van der Waals surface area (Å²) in [7, 11) is 0. The summed E-state index contributed by atoms with van der Waals surface area (Å²) >= 11 is 3.43. The van der Waals surface area contributed by atoms with E-state index in [1.54, 1.807) is 0 Å². The number of benzene rings is 1. The molecule has 1 aromatic carbocycles. The third-order valence-electron chi connectivity index (χ3n) is 4.43. The van der Waals surface area contributed by atoms with E-state index >= 15 is 0 Å². The van der Waals surface area contributed by atoms with E-state index in [0.717, 1.165) is 17.4 Å². The number of amides is 1. The smallest absolute Gasteiger partial charge is 0.393 e. The fraction of sp³-hybridized carbons (Fsp3) is 0.588. The number of rotatable bonds is 11. The molecule has 0 fully saturated rings. The van der Waals surface area contributed by atoms with Crippen molar-refractivity contribution in [2.24, 2.45) is 0 Å². The first-order valence-corrected chi connectivity index (χ1v) is 9.32. The molecule has 0 aliphatic rings. The molecule has 1 N–H and O–H groups in total. The molecular formula is C17H10ClF16NO2. The molecule has 37 heavy (non-hydrogen) atoms. The van der Waals surface area contributed by atoms with Crippen molar-refractivity contribution in [1.29, 1.82) is 0 Å². The van der Waals surface area contributed by atoms with Crippen molar-refractivity contribution in [3.8, 4) is 5.75 Å². The highest BCUT2D eigenvalue weighted by atomic mass is 35.5. The van der Waals surface area contributed by atoms with E-state index in [9.17, 15) is 75.0 Å². The Labute approximate surface area is 199 Å². The summed E-state index contributed by atoms with van der Waals surface area (Å²) in [6.07, 6.45) is 0. The Balaban J connectivity index is 3.50. The van der Waals surface area contributed by atoms with Gasteiger partial charge in [0, 0.05) is 5.69 Å². The van der Waals surface area contributed by atoms with Gasteiger partial charge in [0.25, 0.3) is 0 Å². The number of halogens is 17. The molecule has 0 radical (unpaired) electrons. The highest BCUT2D eigenvalue weighted by Crippen LogP contribution is 2.64. The molecule has 3 nitrogen and oxygen atoms in total. The van der Waals surface area contributed by atoms with Crippen LogP contribution in [0.25, 0.3) is 0 Å². The van der Waals surface area contributed by atoms with Crippen LogP contribution >= 0.6 is 11.6 Å². The van der Waals surface area contributed by atoms with Crippen molar-refractivity contribution in [3.63, 3.8) is 0 Å². The summed E-state index contributed by atoms with van der Waals surface area (Å²) in [4.78, 5) is 11.5. The number of carbonyl (C=O) groups excluding carboxylic acids is 1. The summed E-state index contributed by atoms with van der Waals surface area (Å²) in [6, 6.07) is 3.00. The van der Waals surface area contributed by atoms with Crippen LogP contribution in [0.2, 0.25) is 0 Å². The van der Waals surface area contributed by atoms with Gasteiger partial charge in [-0.05, 0) is 42.8 Å². The van der Waals surface area contributed by atoms with Crippen LogP contribution in [-0.4, -0.2) is 59.4 Å². The lowest BCUT2D eigenvalue weighted by Crippen LogP contribution is -2.75. The van der Waals surface area contributed by atoms with Gasteiger partial charge in [0.15, 0.2) is 0 Å². The second-order valence-electron chi connectivity index (χ2n) is 6.93. The van der Waals surface area contributed by atoms with E-state index in [-0.39, 0.29) is 12.4 Å². The molecule has 1 amide bonds.